The van der Waals surface area contributed by atoms with Crippen LogP contribution in [0.3, 0.4) is 0 Å². The molecule has 2 unspecified atom stereocenters. The maximum absolute atomic E-state index is 4.32. The van der Waals surface area contributed by atoms with Crippen LogP contribution in [0.5, 0.6) is 0 Å². The van der Waals surface area contributed by atoms with Crippen molar-refractivity contribution in [1.29, 1.82) is 0 Å². The fraction of sp³-hybridized carbons (Fsp3) is 0.833. The van der Waals surface area contributed by atoms with E-state index in [0.717, 1.165) is 13.3 Å². The molecule has 2 aliphatic heterocycles. The van der Waals surface area contributed by atoms with Crippen molar-refractivity contribution in [2.24, 2.45) is 0 Å². The van der Waals surface area contributed by atoms with Crippen molar-refractivity contribution in [1.82, 2.24) is 9.80 Å². The third kappa shape index (κ3) is 6.28. The summed E-state index contributed by atoms with van der Waals surface area (Å²) in [5.74, 6) is 0. The number of hydrogen-bond donors (Lipinski definition) is 0. The van der Waals surface area contributed by atoms with Crippen molar-refractivity contribution in [3.8, 4) is 0 Å². The van der Waals surface area contributed by atoms with Gasteiger partial charge in [0, 0.05) is 72.5 Å². The van der Waals surface area contributed by atoms with Crippen molar-refractivity contribution in [3.05, 3.63) is 22.0 Å². The molecule has 0 aromatic heterocycles. The van der Waals surface area contributed by atoms with E-state index in [1.165, 1.54) is 11.4 Å². The maximum Gasteiger partial charge on any atom is 0.00431 e. The number of nitrogens with zero attached hydrogens (tertiary/aromatic N) is 4. The molecule has 4 nitrogen and oxygen atoms in total. The Bertz CT molecular complexity index is 261. The van der Waals surface area contributed by atoms with E-state index in [0.29, 0.717) is 12.1 Å². The van der Waals surface area contributed by atoms with Gasteiger partial charge in [-0.2, -0.15) is 0 Å². The molecule has 18 heavy (non-hydrogen) atoms. The van der Waals surface area contributed by atoms with Gasteiger partial charge in [-0.1, -0.05) is 34.1 Å². The zero-order chi connectivity index (χ0) is 12.3. The van der Waals surface area contributed by atoms with Crippen LogP contribution in [0.1, 0.15) is 27.7 Å². The van der Waals surface area contributed by atoms with Gasteiger partial charge in [0.15, 0.2) is 0 Å². The Hall–Kier alpha value is 1.47. The fourth-order valence-corrected chi connectivity index (χ4v) is 1.62. The Morgan fingerprint density at radius 3 is 1.72 bits per heavy atom. The Morgan fingerprint density at radius 1 is 1.06 bits per heavy atom. The van der Waals surface area contributed by atoms with Crippen LogP contribution in [0.25, 0.3) is 10.6 Å². The molecular weight excluding hydrogens is 378 g/mol. The van der Waals surface area contributed by atoms with Crippen LogP contribution in [-0.2, 0) is 65.4 Å². The first-order chi connectivity index (χ1) is 7.43. The topological polar surface area (TPSA) is 34.7 Å². The van der Waals surface area contributed by atoms with Crippen LogP contribution >= 0.6 is 0 Å². The van der Waals surface area contributed by atoms with Crippen LogP contribution in [0.15, 0.2) is 11.4 Å². The predicted molar refractivity (Wildman–Crippen MR) is 69.3 cm³/mol. The minimum Gasteiger partial charge on any atom is -0.670 e. The molecule has 100 valence electrons. The van der Waals surface area contributed by atoms with Crippen molar-refractivity contribution in [2.75, 3.05) is 27.4 Å². The molecule has 0 bridgehead atoms. The molecule has 1 fully saturated rings. The molecule has 2 rings (SSSR count). The molecule has 2 aliphatic rings. The van der Waals surface area contributed by atoms with Crippen LogP contribution < -0.4 is 0 Å². The summed E-state index contributed by atoms with van der Waals surface area (Å²) in [7, 11) is 4.16. The summed E-state index contributed by atoms with van der Waals surface area (Å²) in [5.41, 5.74) is 2.47. The van der Waals surface area contributed by atoms with Gasteiger partial charge < -0.3 is 20.4 Å². The number of rotatable bonds is 0. The van der Waals surface area contributed by atoms with E-state index in [1.807, 2.05) is 6.92 Å². The fourth-order valence-electron chi connectivity index (χ4n) is 1.62. The monoisotopic (exact) mass is 402 g/mol. The Balaban J connectivity index is 0. The van der Waals surface area contributed by atoms with Gasteiger partial charge in [0.1, 0.15) is 0 Å². The molecule has 2 radical (unpaired) electrons. The average molecular weight is 402 g/mol. The summed E-state index contributed by atoms with van der Waals surface area (Å²) in [4.78, 5) is 4.39. The number of allylic oxidation sites excluding steroid dienone is 2. The van der Waals surface area contributed by atoms with Gasteiger partial charge in [0.2, 0.25) is 0 Å². The normalized spacial score (nSPS) is 26.9. The Morgan fingerprint density at radius 2 is 1.61 bits per heavy atom. The molecular formula is C12H24N4Y2-2. The molecule has 0 saturated carbocycles. The van der Waals surface area contributed by atoms with E-state index in [1.54, 1.807) is 0 Å². The first-order valence-corrected chi connectivity index (χ1v) is 5.86. The third-order valence-electron chi connectivity index (χ3n) is 3.60. The minimum absolute atomic E-state index is 0. The maximum atomic E-state index is 4.32. The summed E-state index contributed by atoms with van der Waals surface area (Å²) >= 11 is 0. The van der Waals surface area contributed by atoms with Gasteiger partial charge in [-0.05, 0) is 25.7 Å². The zero-order valence-electron chi connectivity index (χ0n) is 12.5. The van der Waals surface area contributed by atoms with Crippen molar-refractivity contribution in [3.63, 3.8) is 0 Å². The minimum atomic E-state index is 0. The van der Waals surface area contributed by atoms with E-state index in [2.05, 4.69) is 55.3 Å². The quantitative estimate of drug-likeness (QED) is 0.625. The van der Waals surface area contributed by atoms with Gasteiger partial charge in [-0.3, -0.25) is 0 Å². The van der Waals surface area contributed by atoms with E-state index in [4.69, 9.17) is 0 Å². The largest absolute Gasteiger partial charge is 0.670 e. The second-order valence-corrected chi connectivity index (χ2v) is 4.73. The molecule has 1 saturated heterocycles. The first kappa shape index (κ1) is 21.8. The van der Waals surface area contributed by atoms with Gasteiger partial charge >= 0.3 is 0 Å². The van der Waals surface area contributed by atoms with Crippen LogP contribution in [0.4, 0.5) is 0 Å². The molecule has 0 spiro atoms. The predicted octanol–water partition coefficient (Wildman–Crippen LogP) is 2.55. The summed E-state index contributed by atoms with van der Waals surface area (Å²) in [6.07, 6.45) is 0. The summed E-state index contributed by atoms with van der Waals surface area (Å²) in [5, 5.41) is 8.53. The molecule has 0 aromatic rings. The average Bonchev–Trinajstić information content (AvgIpc) is 2.70. The van der Waals surface area contributed by atoms with Gasteiger partial charge in [0.05, 0.1) is 0 Å². The molecule has 2 heterocycles. The summed E-state index contributed by atoms with van der Waals surface area (Å²) < 4.78 is 0. The SMILES string of the molecule is CC1=C(C)N(C)C[N-]1.CC1[N-]CN(C)C1C.[Y].[Y]. The molecule has 6 heteroatoms. The van der Waals surface area contributed by atoms with Gasteiger partial charge in [0.25, 0.3) is 0 Å². The van der Waals surface area contributed by atoms with Crippen molar-refractivity contribution >= 4 is 0 Å². The van der Waals surface area contributed by atoms with Gasteiger partial charge in [-0.15, -0.1) is 11.7 Å². The van der Waals surface area contributed by atoms with Crippen LogP contribution in [0.2, 0.25) is 0 Å². The standard InChI is InChI=1S/C6H13N2.C6H11N2.2Y/c2*1-5-6(2)8(3)4-7-5;;/h5-6H,4H2,1-3H3;4H2,1-3H3;;/q2*-1;;. The smallest absolute Gasteiger partial charge is 0.00431 e. The molecule has 0 aliphatic carbocycles. The molecule has 0 aromatic carbocycles. The first-order valence-electron chi connectivity index (χ1n) is 5.86. The summed E-state index contributed by atoms with van der Waals surface area (Å²) in [6.45, 7) is 10.3. The van der Waals surface area contributed by atoms with E-state index < -0.39 is 0 Å². The van der Waals surface area contributed by atoms with E-state index >= 15 is 0 Å². The Labute approximate surface area is 162 Å². The number of hydrogen-bond acceptors (Lipinski definition) is 2. The van der Waals surface area contributed by atoms with E-state index in [-0.39, 0.29) is 65.4 Å². The molecule has 0 N–H and O–H groups in total. The van der Waals surface area contributed by atoms with Crippen molar-refractivity contribution < 1.29 is 65.4 Å². The second-order valence-electron chi connectivity index (χ2n) is 4.73. The van der Waals surface area contributed by atoms with Crippen LogP contribution in [0, 0.1) is 0 Å². The molecule has 0 amide bonds. The van der Waals surface area contributed by atoms with Gasteiger partial charge in [-0.25, -0.2) is 0 Å². The van der Waals surface area contributed by atoms with Crippen LogP contribution in [-0.4, -0.2) is 49.3 Å². The van der Waals surface area contributed by atoms with E-state index in [9.17, 15) is 0 Å². The van der Waals surface area contributed by atoms with Crippen molar-refractivity contribution in [2.45, 2.75) is 39.8 Å². The third-order valence-corrected chi connectivity index (χ3v) is 3.60. The molecule has 2 atom stereocenters. The zero-order valence-corrected chi connectivity index (χ0v) is 18.2. The Kier molecular flexibility index (Phi) is 12.4. The second kappa shape index (κ2) is 10.2. The number of likely N-dealkylation sites (N-methyl/N-ethyl adjacent to an activating group) is 1. The summed E-state index contributed by atoms with van der Waals surface area (Å²) in [6, 6.07) is 1.19.